The van der Waals surface area contributed by atoms with Crippen LogP contribution in [0.2, 0.25) is 0 Å². The molecule has 0 radical (unpaired) electrons. The molecule has 2 rings (SSSR count). The molecule has 2 nitrogen and oxygen atoms in total. The fraction of sp³-hybridized carbons (Fsp3) is 0.533. The molecule has 0 spiro atoms. The first-order valence-electron chi connectivity index (χ1n) is 6.93. The van der Waals surface area contributed by atoms with Gasteiger partial charge >= 0.3 is 0 Å². The third kappa shape index (κ3) is 4.20. The van der Waals surface area contributed by atoms with Gasteiger partial charge < -0.3 is 5.32 Å². The maximum atomic E-state index is 13.4. The van der Waals surface area contributed by atoms with Gasteiger partial charge in [-0.1, -0.05) is 19.8 Å². The Kier molecular flexibility index (Phi) is 5.40. The lowest BCUT2D eigenvalue weighted by atomic mass is 9.86. The van der Waals surface area contributed by atoms with E-state index < -0.39 is 11.6 Å². The summed E-state index contributed by atoms with van der Waals surface area (Å²) in [5.41, 5.74) is 0. The van der Waals surface area contributed by atoms with Crippen LogP contribution in [0.3, 0.4) is 0 Å². The largest absolute Gasteiger partial charge is 0.352 e. The number of carbonyl (C=O) groups is 1. The molecule has 1 saturated carbocycles. The minimum absolute atomic E-state index is 0.0857. The van der Waals surface area contributed by atoms with Crippen molar-refractivity contribution in [3.63, 3.8) is 0 Å². The molecule has 1 aromatic rings. The summed E-state index contributed by atoms with van der Waals surface area (Å²) in [6.45, 7) is 2.15. The number of benzene rings is 1. The van der Waals surface area contributed by atoms with Crippen LogP contribution >= 0.6 is 11.8 Å². The first-order chi connectivity index (χ1) is 9.56. The Labute approximate surface area is 122 Å². The number of nitrogens with one attached hydrogen (secondary N) is 1. The number of hydrogen-bond acceptors (Lipinski definition) is 2. The number of carbonyl (C=O) groups excluding carboxylic acids is 1. The van der Waals surface area contributed by atoms with E-state index >= 15 is 0 Å². The van der Waals surface area contributed by atoms with Gasteiger partial charge in [-0.3, -0.25) is 4.79 Å². The topological polar surface area (TPSA) is 29.1 Å². The van der Waals surface area contributed by atoms with E-state index in [1.54, 1.807) is 0 Å². The predicted octanol–water partition coefficient (Wildman–Crippen LogP) is 3.75. The minimum Gasteiger partial charge on any atom is -0.352 e. The standard InChI is InChI=1S/C15H19F2NOS/c1-10-4-2-3-5-13(10)18-15(19)9-20-14-7-6-11(16)8-12(14)17/h6-8,10,13H,2-5,9H2,1H3,(H,18,19)/t10-,13+/m0/s1. The van der Waals surface area contributed by atoms with Crippen LogP contribution in [-0.2, 0) is 4.79 Å². The molecule has 0 unspecified atom stereocenters. The lowest BCUT2D eigenvalue weighted by molar-refractivity contribution is -0.119. The molecule has 1 aliphatic carbocycles. The monoisotopic (exact) mass is 299 g/mol. The Bertz CT molecular complexity index is 481. The molecule has 0 saturated heterocycles. The van der Waals surface area contributed by atoms with E-state index in [4.69, 9.17) is 0 Å². The van der Waals surface area contributed by atoms with E-state index in [1.807, 2.05) is 0 Å². The van der Waals surface area contributed by atoms with E-state index in [0.29, 0.717) is 10.8 Å². The fourth-order valence-corrected chi connectivity index (χ4v) is 3.25. The molecular weight excluding hydrogens is 280 g/mol. The van der Waals surface area contributed by atoms with E-state index in [1.165, 1.54) is 18.6 Å². The van der Waals surface area contributed by atoms with Crippen molar-refractivity contribution < 1.29 is 13.6 Å². The molecule has 1 fully saturated rings. The van der Waals surface area contributed by atoms with Gasteiger partial charge in [0.15, 0.2) is 0 Å². The average molecular weight is 299 g/mol. The highest BCUT2D eigenvalue weighted by Crippen LogP contribution is 2.25. The number of hydrogen-bond donors (Lipinski definition) is 1. The lowest BCUT2D eigenvalue weighted by Gasteiger charge is -2.29. The van der Waals surface area contributed by atoms with Crippen LogP contribution in [0.4, 0.5) is 8.78 Å². The third-order valence-corrected chi connectivity index (χ3v) is 4.76. The minimum atomic E-state index is -0.617. The van der Waals surface area contributed by atoms with Gasteiger partial charge in [-0.2, -0.15) is 0 Å². The molecule has 0 aromatic heterocycles. The second kappa shape index (κ2) is 7.07. The van der Waals surface area contributed by atoms with Gasteiger partial charge in [0, 0.05) is 17.0 Å². The summed E-state index contributed by atoms with van der Waals surface area (Å²) in [5, 5.41) is 3.01. The van der Waals surface area contributed by atoms with Crippen molar-refractivity contribution in [2.45, 2.75) is 43.5 Å². The SMILES string of the molecule is C[C@H]1CCCC[C@H]1NC(=O)CSc1ccc(F)cc1F. The summed E-state index contributed by atoms with van der Waals surface area (Å²) in [4.78, 5) is 12.2. The molecule has 20 heavy (non-hydrogen) atoms. The lowest BCUT2D eigenvalue weighted by Crippen LogP contribution is -2.41. The van der Waals surface area contributed by atoms with Crippen molar-refractivity contribution in [3.05, 3.63) is 29.8 Å². The van der Waals surface area contributed by atoms with E-state index in [0.717, 1.165) is 37.1 Å². The zero-order chi connectivity index (χ0) is 14.5. The second-order valence-corrected chi connectivity index (χ2v) is 6.32. The molecule has 0 bridgehead atoms. The number of halogens is 2. The maximum Gasteiger partial charge on any atom is 0.230 e. The van der Waals surface area contributed by atoms with Crippen LogP contribution in [0, 0.1) is 17.6 Å². The van der Waals surface area contributed by atoms with E-state index in [9.17, 15) is 13.6 Å². The quantitative estimate of drug-likeness (QED) is 0.858. The highest BCUT2D eigenvalue weighted by molar-refractivity contribution is 8.00. The molecule has 110 valence electrons. The smallest absolute Gasteiger partial charge is 0.230 e. The molecule has 5 heteroatoms. The van der Waals surface area contributed by atoms with Crippen LogP contribution < -0.4 is 5.32 Å². The van der Waals surface area contributed by atoms with Gasteiger partial charge in [0.1, 0.15) is 11.6 Å². The summed E-state index contributed by atoms with van der Waals surface area (Å²) in [5.74, 6) is -0.648. The zero-order valence-electron chi connectivity index (χ0n) is 11.5. The normalized spacial score (nSPS) is 22.6. The summed E-state index contributed by atoms with van der Waals surface area (Å²) in [7, 11) is 0. The summed E-state index contributed by atoms with van der Waals surface area (Å²) < 4.78 is 26.2. The van der Waals surface area contributed by atoms with Crippen molar-refractivity contribution >= 4 is 17.7 Å². The Balaban J connectivity index is 1.82. The summed E-state index contributed by atoms with van der Waals surface area (Å²) in [6.07, 6.45) is 4.53. The molecule has 1 aromatic carbocycles. The van der Waals surface area contributed by atoms with Crippen molar-refractivity contribution in [1.29, 1.82) is 0 Å². The van der Waals surface area contributed by atoms with Gasteiger partial charge in [0.05, 0.1) is 5.75 Å². The number of thioether (sulfide) groups is 1. The maximum absolute atomic E-state index is 13.4. The third-order valence-electron chi connectivity index (χ3n) is 3.71. The molecule has 0 heterocycles. The molecular formula is C15H19F2NOS. The van der Waals surface area contributed by atoms with Gasteiger partial charge in [-0.05, 0) is 30.9 Å². The zero-order valence-corrected chi connectivity index (χ0v) is 12.3. The van der Waals surface area contributed by atoms with Crippen LogP contribution in [0.5, 0.6) is 0 Å². The van der Waals surface area contributed by atoms with E-state index in [-0.39, 0.29) is 17.7 Å². The van der Waals surface area contributed by atoms with Crippen molar-refractivity contribution in [1.82, 2.24) is 5.32 Å². The van der Waals surface area contributed by atoms with Crippen molar-refractivity contribution in [2.75, 3.05) is 5.75 Å². The molecule has 1 N–H and O–H groups in total. The first-order valence-corrected chi connectivity index (χ1v) is 7.92. The fourth-order valence-electron chi connectivity index (χ4n) is 2.51. The Morgan fingerprint density at radius 3 is 2.80 bits per heavy atom. The highest BCUT2D eigenvalue weighted by atomic mass is 32.2. The van der Waals surface area contributed by atoms with Crippen LogP contribution in [0.15, 0.2) is 23.1 Å². The van der Waals surface area contributed by atoms with Gasteiger partial charge in [0.25, 0.3) is 0 Å². The summed E-state index contributed by atoms with van der Waals surface area (Å²) in [6, 6.07) is 3.64. The van der Waals surface area contributed by atoms with Gasteiger partial charge in [-0.25, -0.2) is 8.78 Å². The van der Waals surface area contributed by atoms with Gasteiger partial charge in [-0.15, -0.1) is 11.8 Å². The van der Waals surface area contributed by atoms with Crippen LogP contribution in [-0.4, -0.2) is 17.7 Å². The van der Waals surface area contributed by atoms with Crippen molar-refractivity contribution in [3.8, 4) is 0 Å². The van der Waals surface area contributed by atoms with Crippen LogP contribution in [0.1, 0.15) is 32.6 Å². The molecule has 1 amide bonds. The average Bonchev–Trinajstić information content (AvgIpc) is 2.40. The second-order valence-electron chi connectivity index (χ2n) is 5.30. The number of rotatable bonds is 4. The molecule has 2 atom stereocenters. The summed E-state index contributed by atoms with van der Waals surface area (Å²) >= 11 is 1.10. The van der Waals surface area contributed by atoms with Crippen LogP contribution in [0.25, 0.3) is 0 Å². The Morgan fingerprint density at radius 2 is 2.10 bits per heavy atom. The number of amides is 1. The highest BCUT2D eigenvalue weighted by Gasteiger charge is 2.22. The van der Waals surface area contributed by atoms with Crippen molar-refractivity contribution in [2.24, 2.45) is 5.92 Å². The first kappa shape index (κ1) is 15.3. The Morgan fingerprint density at radius 1 is 1.35 bits per heavy atom. The Hall–Kier alpha value is -1.10. The van der Waals surface area contributed by atoms with E-state index in [2.05, 4.69) is 12.2 Å². The predicted molar refractivity (Wildman–Crippen MR) is 76.6 cm³/mol. The van der Waals surface area contributed by atoms with Gasteiger partial charge in [0.2, 0.25) is 5.91 Å². The molecule has 0 aliphatic heterocycles. The molecule has 1 aliphatic rings.